The van der Waals surface area contributed by atoms with E-state index in [-0.39, 0.29) is 18.7 Å². The van der Waals surface area contributed by atoms with Crippen LogP contribution in [0.3, 0.4) is 0 Å². The standard InChI is InChI=1S/C22H20F3N3O4/c1-31-19-7-5-15(10-16(19)6-8-20(29)30)17-12-27-21(28-13-17)26-11-14-3-2-4-18(9-14)32-22(23,24)25/h2-5,7,9-10,12-13H,6,8,11H2,1H3,(H,29,30)(H,26,27,28). The number of hydrogen-bond donors (Lipinski definition) is 2. The van der Waals surface area contributed by atoms with Crippen molar-refractivity contribution in [1.82, 2.24) is 9.97 Å². The zero-order chi connectivity index (χ0) is 23.1. The number of aryl methyl sites for hydroxylation is 1. The first-order chi connectivity index (χ1) is 15.2. The predicted molar refractivity (Wildman–Crippen MR) is 110 cm³/mol. The summed E-state index contributed by atoms with van der Waals surface area (Å²) in [5.41, 5.74) is 2.85. The van der Waals surface area contributed by atoms with Gasteiger partial charge < -0.3 is 19.9 Å². The van der Waals surface area contributed by atoms with Crippen LogP contribution in [-0.2, 0) is 17.8 Å². The maximum absolute atomic E-state index is 12.4. The van der Waals surface area contributed by atoms with Crippen molar-refractivity contribution in [2.45, 2.75) is 25.7 Å². The maximum Gasteiger partial charge on any atom is 0.573 e. The van der Waals surface area contributed by atoms with Crippen molar-refractivity contribution in [2.75, 3.05) is 12.4 Å². The Hall–Kier alpha value is -3.82. The van der Waals surface area contributed by atoms with Crippen molar-refractivity contribution in [3.63, 3.8) is 0 Å². The van der Waals surface area contributed by atoms with E-state index in [1.165, 1.54) is 25.3 Å². The van der Waals surface area contributed by atoms with Crippen molar-refractivity contribution < 1.29 is 32.5 Å². The Morgan fingerprint density at radius 1 is 1.09 bits per heavy atom. The van der Waals surface area contributed by atoms with Crippen LogP contribution >= 0.6 is 0 Å². The topological polar surface area (TPSA) is 93.6 Å². The summed E-state index contributed by atoms with van der Waals surface area (Å²) in [4.78, 5) is 19.4. The molecule has 0 spiro atoms. The van der Waals surface area contributed by atoms with E-state index in [1.54, 1.807) is 24.5 Å². The van der Waals surface area contributed by atoms with E-state index in [1.807, 2.05) is 12.1 Å². The number of anilines is 1. The number of methoxy groups -OCH3 is 1. The summed E-state index contributed by atoms with van der Waals surface area (Å²) in [6, 6.07) is 11.0. The third kappa shape index (κ3) is 6.59. The molecule has 1 aromatic heterocycles. The van der Waals surface area contributed by atoms with Gasteiger partial charge in [0, 0.05) is 30.9 Å². The van der Waals surface area contributed by atoms with Gasteiger partial charge in [-0.3, -0.25) is 4.79 Å². The molecule has 0 saturated heterocycles. The van der Waals surface area contributed by atoms with E-state index in [9.17, 15) is 18.0 Å². The van der Waals surface area contributed by atoms with Crippen LogP contribution < -0.4 is 14.8 Å². The van der Waals surface area contributed by atoms with Gasteiger partial charge in [0.1, 0.15) is 11.5 Å². The molecule has 10 heteroatoms. The summed E-state index contributed by atoms with van der Waals surface area (Å²) >= 11 is 0. The Bertz CT molecular complexity index is 1070. The quantitative estimate of drug-likeness (QED) is 0.492. The average molecular weight is 447 g/mol. The van der Waals surface area contributed by atoms with Crippen molar-refractivity contribution in [3.8, 4) is 22.6 Å². The number of carboxylic acids is 1. The van der Waals surface area contributed by atoms with E-state index >= 15 is 0 Å². The van der Waals surface area contributed by atoms with Gasteiger partial charge in [0.2, 0.25) is 5.95 Å². The van der Waals surface area contributed by atoms with Crippen LogP contribution in [0.25, 0.3) is 11.1 Å². The summed E-state index contributed by atoms with van der Waals surface area (Å²) < 4.78 is 46.3. The van der Waals surface area contributed by atoms with Gasteiger partial charge >= 0.3 is 12.3 Å². The maximum atomic E-state index is 12.4. The fourth-order valence-corrected chi connectivity index (χ4v) is 3.00. The number of carboxylic acid groups (broad SMARTS) is 1. The lowest BCUT2D eigenvalue weighted by atomic mass is 10.0. The number of hydrogen-bond acceptors (Lipinski definition) is 6. The molecule has 0 radical (unpaired) electrons. The molecule has 0 fully saturated rings. The van der Waals surface area contributed by atoms with Gasteiger partial charge in [0.05, 0.1) is 7.11 Å². The van der Waals surface area contributed by atoms with Crippen molar-refractivity contribution in [2.24, 2.45) is 0 Å². The molecule has 1 heterocycles. The minimum Gasteiger partial charge on any atom is -0.496 e. The van der Waals surface area contributed by atoms with Gasteiger partial charge in [-0.25, -0.2) is 9.97 Å². The fraction of sp³-hybridized carbons (Fsp3) is 0.227. The highest BCUT2D eigenvalue weighted by Crippen LogP contribution is 2.27. The largest absolute Gasteiger partial charge is 0.573 e. The molecule has 0 atom stereocenters. The molecule has 3 rings (SSSR count). The molecule has 2 aromatic carbocycles. The number of nitrogens with one attached hydrogen (secondary N) is 1. The second-order valence-corrected chi connectivity index (χ2v) is 6.76. The van der Waals surface area contributed by atoms with E-state index in [0.29, 0.717) is 23.7 Å². The molecule has 0 aliphatic heterocycles. The first kappa shape index (κ1) is 22.9. The second-order valence-electron chi connectivity index (χ2n) is 6.76. The molecule has 0 saturated carbocycles. The van der Waals surface area contributed by atoms with Gasteiger partial charge in [-0.05, 0) is 47.4 Å². The summed E-state index contributed by atoms with van der Waals surface area (Å²) in [7, 11) is 1.52. The lowest BCUT2D eigenvalue weighted by molar-refractivity contribution is -0.274. The highest BCUT2D eigenvalue weighted by molar-refractivity contribution is 5.68. The Morgan fingerprint density at radius 3 is 2.50 bits per heavy atom. The van der Waals surface area contributed by atoms with Crippen LogP contribution in [-0.4, -0.2) is 34.5 Å². The molecule has 3 aromatic rings. The van der Waals surface area contributed by atoms with Crippen LogP contribution in [0, 0.1) is 0 Å². The molecule has 0 bridgehead atoms. The first-order valence-electron chi connectivity index (χ1n) is 9.53. The molecule has 0 unspecified atom stereocenters. The van der Waals surface area contributed by atoms with Crippen molar-refractivity contribution in [3.05, 3.63) is 66.0 Å². The van der Waals surface area contributed by atoms with E-state index < -0.39 is 12.3 Å². The smallest absolute Gasteiger partial charge is 0.496 e. The predicted octanol–water partition coefficient (Wildman–Crippen LogP) is 4.68. The molecule has 32 heavy (non-hydrogen) atoms. The SMILES string of the molecule is COc1ccc(-c2cnc(NCc3cccc(OC(F)(F)F)c3)nc2)cc1CCC(=O)O. The lowest BCUT2D eigenvalue weighted by Gasteiger charge is -2.11. The molecule has 0 aliphatic carbocycles. The van der Waals surface area contributed by atoms with Crippen LogP contribution in [0.2, 0.25) is 0 Å². The first-order valence-corrected chi connectivity index (χ1v) is 9.53. The Balaban J connectivity index is 1.67. The number of halogens is 3. The summed E-state index contributed by atoms with van der Waals surface area (Å²) in [5, 5.41) is 11.9. The number of nitrogens with zero attached hydrogens (tertiary/aromatic N) is 2. The zero-order valence-corrected chi connectivity index (χ0v) is 17.0. The summed E-state index contributed by atoms with van der Waals surface area (Å²) in [6.45, 7) is 0.205. The number of ether oxygens (including phenoxy) is 2. The number of aromatic nitrogens is 2. The summed E-state index contributed by atoms with van der Waals surface area (Å²) in [6.07, 6.45) is -1.25. The normalized spacial score (nSPS) is 11.1. The highest BCUT2D eigenvalue weighted by Gasteiger charge is 2.31. The van der Waals surface area contributed by atoms with Gasteiger partial charge in [-0.1, -0.05) is 18.2 Å². The Kier molecular flexibility index (Phi) is 7.14. The monoisotopic (exact) mass is 447 g/mol. The van der Waals surface area contributed by atoms with Crippen LogP contribution in [0.15, 0.2) is 54.9 Å². The van der Waals surface area contributed by atoms with Crippen molar-refractivity contribution in [1.29, 1.82) is 0 Å². The third-order valence-electron chi connectivity index (χ3n) is 4.46. The van der Waals surface area contributed by atoms with Crippen molar-refractivity contribution >= 4 is 11.9 Å². The van der Waals surface area contributed by atoms with Crippen LogP contribution in [0.1, 0.15) is 17.5 Å². The van der Waals surface area contributed by atoms with Crippen LogP contribution in [0.4, 0.5) is 19.1 Å². The molecular weight excluding hydrogens is 427 g/mol. The van der Waals surface area contributed by atoms with E-state index in [0.717, 1.165) is 16.7 Å². The van der Waals surface area contributed by atoms with Gasteiger partial charge in [-0.15, -0.1) is 13.2 Å². The average Bonchev–Trinajstić information content (AvgIpc) is 2.75. The lowest BCUT2D eigenvalue weighted by Crippen LogP contribution is -2.17. The number of carbonyl (C=O) groups is 1. The molecule has 2 N–H and O–H groups in total. The molecule has 168 valence electrons. The Morgan fingerprint density at radius 2 is 1.84 bits per heavy atom. The molecular formula is C22H20F3N3O4. The second kappa shape index (κ2) is 9.99. The van der Waals surface area contributed by atoms with E-state index in [4.69, 9.17) is 9.84 Å². The minimum absolute atomic E-state index is 0.0195. The fourth-order valence-electron chi connectivity index (χ4n) is 3.00. The zero-order valence-electron chi connectivity index (χ0n) is 17.0. The number of alkyl halides is 3. The number of rotatable bonds is 9. The number of aliphatic carboxylic acids is 1. The van der Waals surface area contributed by atoms with Gasteiger partial charge in [-0.2, -0.15) is 0 Å². The van der Waals surface area contributed by atoms with Gasteiger partial charge in [0.25, 0.3) is 0 Å². The highest BCUT2D eigenvalue weighted by atomic mass is 19.4. The van der Waals surface area contributed by atoms with Gasteiger partial charge in [0.15, 0.2) is 0 Å². The number of benzene rings is 2. The summed E-state index contributed by atoms with van der Waals surface area (Å²) in [5.74, 6) is -0.292. The molecule has 0 amide bonds. The Labute approximate surface area is 181 Å². The molecule has 7 nitrogen and oxygen atoms in total. The third-order valence-corrected chi connectivity index (χ3v) is 4.46. The van der Waals surface area contributed by atoms with E-state index in [2.05, 4.69) is 20.0 Å². The van der Waals surface area contributed by atoms with Crippen LogP contribution in [0.5, 0.6) is 11.5 Å². The molecule has 0 aliphatic rings. The minimum atomic E-state index is -4.75.